The van der Waals surface area contributed by atoms with Crippen molar-refractivity contribution < 1.29 is 24.2 Å². The van der Waals surface area contributed by atoms with Crippen LogP contribution in [0, 0.1) is 0 Å². The second kappa shape index (κ2) is 56.6. The number of hydrogen-bond acceptors (Lipinski definition) is 5. The SMILES string of the molecule is CC/C=C\C/C=C\C/C=C\C/C=C\C/C=C\C/C=C\C/C=C\C/C=C\CCCCCCC(=O)OC(CO)COC(=O)CCCCCCCC/C=C\C/C=C\C/C=C\C/C=C\C/C=C\C/C=C\CC. The normalized spacial score (nSPS) is 13.6. The molecule has 378 valence electrons. The number of aliphatic hydroxyl groups is 1. The summed E-state index contributed by atoms with van der Waals surface area (Å²) >= 11 is 0. The first kappa shape index (κ1) is 63.3. The minimum atomic E-state index is -0.808. The van der Waals surface area contributed by atoms with Crippen molar-refractivity contribution >= 4 is 11.9 Å². The molecule has 1 unspecified atom stereocenters. The number of esters is 2. The van der Waals surface area contributed by atoms with Gasteiger partial charge in [0.25, 0.3) is 0 Å². The lowest BCUT2D eigenvalue weighted by atomic mass is 10.1. The van der Waals surface area contributed by atoms with E-state index < -0.39 is 6.10 Å². The predicted octanol–water partition coefficient (Wildman–Crippen LogP) is 18.2. The first-order valence-corrected chi connectivity index (χ1v) is 26.7. The molecule has 5 nitrogen and oxygen atoms in total. The molecule has 0 aliphatic carbocycles. The molecule has 5 heteroatoms. The van der Waals surface area contributed by atoms with Crippen LogP contribution in [0.1, 0.15) is 194 Å². The van der Waals surface area contributed by atoms with E-state index in [0.717, 1.165) is 148 Å². The fourth-order valence-electron chi connectivity index (χ4n) is 6.57. The monoisotopic (exact) mass is 933 g/mol. The molecule has 0 radical (unpaired) electrons. The van der Waals surface area contributed by atoms with Gasteiger partial charge in [-0.15, -0.1) is 0 Å². The highest BCUT2D eigenvalue weighted by Gasteiger charge is 2.16. The van der Waals surface area contributed by atoms with Crippen molar-refractivity contribution in [3.63, 3.8) is 0 Å². The van der Waals surface area contributed by atoms with Crippen LogP contribution in [0.5, 0.6) is 0 Å². The Hall–Kier alpha value is -4.74. The molecule has 0 aliphatic heterocycles. The summed E-state index contributed by atoms with van der Waals surface area (Å²) in [5.74, 6) is -0.653. The molecule has 0 saturated carbocycles. The van der Waals surface area contributed by atoms with Crippen molar-refractivity contribution in [2.75, 3.05) is 13.2 Å². The molecule has 1 atom stereocenters. The molecule has 0 rings (SSSR count). The number of aliphatic hydroxyl groups excluding tert-OH is 1. The lowest BCUT2D eigenvalue weighted by molar-refractivity contribution is -0.161. The molecule has 0 aromatic rings. The summed E-state index contributed by atoms with van der Waals surface area (Å²) < 4.78 is 10.7. The summed E-state index contributed by atoms with van der Waals surface area (Å²) in [6.07, 6.45) is 88.7. The van der Waals surface area contributed by atoms with Crippen LogP contribution in [-0.4, -0.2) is 36.4 Å². The molecule has 0 aromatic heterocycles. The molecule has 0 heterocycles. The number of carbonyl (C=O) groups excluding carboxylic acids is 2. The Morgan fingerprint density at radius 3 is 0.882 bits per heavy atom. The lowest BCUT2D eigenvalue weighted by Gasteiger charge is -2.15. The van der Waals surface area contributed by atoms with E-state index >= 15 is 0 Å². The van der Waals surface area contributed by atoms with Gasteiger partial charge in [0.1, 0.15) is 6.61 Å². The third-order valence-corrected chi connectivity index (χ3v) is 10.5. The maximum Gasteiger partial charge on any atom is 0.306 e. The van der Waals surface area contributed by atoms with E-state index in [1.807, 2.05) is 0 Å². The Morgan fingerprint density at radius 1 is 0.338 bits per heavy atom. The van der Waals surface area contributed by atoms with Crippen molar-refractivity contribution in [2.45, 2.75) is 200 Å². The average Bonchev–Trinajstić information content (AvgIpc) is 3.34. The van der Waals surface area contributed by atoms with Gasteiger partial charge in [-0.3, -0.25) is 9.59 Å². The van der Waals surface area contributed by atoms with Gasteiger partial charge in [0.2, 0.25) is 0 Å². The van der Waals surface area contributed by atoms with E-state index in [-0.39, 0.29) is 25.2 Å². The first-order valence-electron chi connectivity index (χ1n) is 26.7. The number of ether oxygens (including phenoxy) is 2. The molecule has 68 heavy (non-hydrogen) atoms. The molecule has 0 spiro atoms. The molecule has 0 aliphatic rings. The molecular weight excluding hydrogens is 837 g/mol. The molecule has 0 saturated heterocycles. The van der Waals surface area contributed by atoms with Crippen molar-refractivity contribution in [3.8, 4) is 0 Å². The van der Waals surface area contributed by atoms with Gasteiger partial charge in [0.05, 0.1) is 6.61 Å². The lowest BCUT2D eigenvalue weighted by Crippen LogP contribution is -2.28. The third-order valence-electron chi connectivity index (χ3n) is 10.5. The Morgan fingerprint density at radius 2 is 0.588 bits per heavy atom. The smallest absolute Gasteiger partial charge is 0.306 e. The number of carbonyl (C=O) groups is 2. The summed E-state index contributed by atoms with van der Waals surface area (Å²) in [7, 11) is 0. The molecular formula is C63H96O5. The van der Waals surface area contributed by atoms with Gasteiger partial charge in [-0.2, -0.15) is 0 Å². The zero-order valence-electron chi connectivity index (χ0n) is 43.0. The van der Waals surface area contributed by atoms with Gasteiger partial charge < -0.3 is 14.6 Å². The van der Waals surface area contributed by atoms with E-state index in [1.165, 1.54) is 19.3 Å². The average molecular weight is 933 g/mol. The zero-order valence-corrected chi connectivity index (χ0v) is 43.0. The van der Waals surface area contributed by atoms with Crippen LogP contribution in [0.2, 0.25) is 0 Å². The predicted molar refractivity (Wildman–Crippen MR) is 297 cm³/mol. The molecule has 0 bridgehead atoms. The molecule has 0 aromatic carbocycles. The van der Waals surface area contributed by atoms with Crippen molar-refractivity contribution in [3.05, 3.63) is 170 Å². The Bertz CT molecular complexity index is 1570. The standard InChI is InChI=1S/C63H96O5/c1-3-5-7-9-11-13-15-17-19-21-23-25-27-29-30-31-32-34-36-38-40-42-44-46-48-50-52-54-56-58-63(66)68-61(59-64)60-67-62(65)57-55-53-51-49-47-45-43-41-39-37-35-33-28-26-24-22-20-18-16-14-12-10-8-6-4-2/h5-8,11-14,17-20,23-26,29-30,32-35,38-41,44,46,61,64H,3-4,9-10,15-16,21-22,27-28,31,36-37,42-43,45,47-60H2,1-2H3/b7-5-,8-6-,13-11-,14-12-,19-17-,20-18-,25-23-,26-24-,30-29-,34-32-,35-33-,40-38-,41-39-,46-44-. The highest BCUT2D eigenvalue weighted by molar-refractivity contribution is 5.70. The zero-order chi connectivity index (χ0) is 49.2. The third kappa shape index (κ3) is 53.9. The van der Waals surface area contributed by atoms with Crippen LogP contribution in [-0.2, 0) is 19.1 Å². The fraction of sp³-hybridized carbons (Fsp3) is 0.524. The van der Waals surface area contributed by atoms with E-state index in [4.69, 9.17) is 9.47 Å². The fourth-order valence-corrected chi connectivity index (χ4v) is 6.57. The highest BCUT2D eigenvalue weighted by atomic mass is 16.6. The van der Waals surface area contributed by atoms with Crippen molar-refractivity contribution in [1.29, 1.82) is 0 Å². The molecule has 0 fully saturated rings. The van der Waals surface area contributed by atoms with E-state index in [9.17, 15) is 14.7 Å². The quantitative estimate of drug-likeness (QED) is 0.0374. The van der Waals surface area contributed by atoms with Crippen LogP contribution < -0.4 is 0 Å². The van der Waals surface area contributed by atoms with Crippen LogP contribution >= 0.6 is 0 Å². The summed E-state index contributed by atoms with van der Waals surface area (Å²) in [6, 6.07) is 0. The molecule has 0 amide bonds. The van der Waals surface area contributed by atoms with Crippen LogP contribution in [0.4, 0.5) is 0 Å². The number of rotatable bonds is 46. The Labute approximate surface area is 417 Å². The maximum absolute atomic E-state index is 12.3. The minimum absolute atomic E-state index is 0.0975. The first-order chi connectivity index (χ1) is 33.6. The van der Waals surface area contributed by atoms with Gasteiger partial charge in [-0.05, 0) is 128 Å². The number of hydrogen-bond donors (Lipinski definition) is 1. The van der Waals surface area contributed by atoms with Gasteiger partial charge >= 0.3 is 11.9 Å². The minimum Gasteiger partial charge on any atom is -0.462 e. The van der Waals surface area contributed by atoms with Gasteiger partial charge in [-0.1, -0.05) is 223 Å². The van der Waals surface area contributed by atoms with Crippen molar-refractivity contribution in [1.82, 2.24) is 0 Å². The van der Waals surface area contributed by atoms with Gasteiger partial charge in [0, 0.05) is 12.8 Å². The number of allylic oxidation sites excluding steroid dienone is 28. The highest BCUT2D eigenvalue weighted by Crippen LogP contribution is 2.11. The van der Waals surface area contributed by atoms with Gasteiger partial charge in [-0.25, -0.2) is 0 Å². The summed E-state index contributed by atoms with van der Waals surface area (Å²) in [5.41, 5.74) is 0. The summed E-state index contributed by atoms with van der Waals surface area (Å²) in [5, 5.41) is 9.64. The summed E-state index contributed by atoms with van der Waals surface area (Å²) in [6.45, 7) is 3.86. The van der Waals surface area contributed by atoms with Gasteiger partial charge in [0.15, 0.2) is 6.10 Å². The summed E-state index contributed by atoms with van der Waals surface area (Å²) in [4.78, 5) is 24.5. The van der Waals surface area contributed by atoms with Crippen LogP contribution in [0.25, 0.3) is 0 Å². The van der Waals surface area contributed by atoms with E-state index in [1.54, 1.807) is 0 Å². The second-order valence-corrected chi connectivity index (χ2v) is 16.8. The topological polar surface area (TPSA) is 72.8 Å². The van der Waals surface area contributed by atoms with E-state index in [2.05, 4.69) is 184 Å². The largest absolute Gasteiger partial charge is 0.462 e. The van der Waals surface area contributed by atoms with Crippen molar-refractivity contribution in [2.24, 2.45) is 0 Å². The maximum atomic E-state index is 12.3. The molecule has 1 N–H and O–H groups in total. The Balaban J connectivity index is 3.69. The Kier molecular flexibility index (Phi) is 52.6. The number of unbranched alkanes of at least 4 members (excludes halogenated alkanes) is 10. The second-order valence-electron chi connectivity index (χ2n) is 16.8. The van der Waals surface area contributed by atoms with Crippen LogP contribution in [0.15, 0.2) is 170 Å². The van der Waals surface area contributed by atoms with E-state index in [0.29, 0.717) is 12.8 Å². The van der Waals surface area contributed by atoms with Crippen LogP contribution in [0.3, 0.4) is 0 Å².